The number of aromatic nitrogens is 2. The third kappa shape index (κ3) is 6.35. The van der Waals surface area contributed by atoms with Crippen LogP contribution in [0.1, 0.15) is 32.3 Å². The first-order valence-corrected chi connectivity index (χ1v) is 13.5. The minimum Gasteiger partial charge on any atom is -0.373 e. The Kier molecular flexibility index (Phi) is 8.11. The van der Waals surface area contributed by atoms with E-state index in [1.807, 2.05) is 11.2 Å². The molecule has 1 aliphatic carbocycles. The van der Waals surface area contributed by atoms with Crippen molar-refractivity contribution in [2.45, 2.75) is 32.7 Å². The molecule has 2 aliphatic rings. The van der Waals surface area contributed by atoms with Crippen molar-refractivity contribution in [3.8, 4) is 6.07 Å². The van der Waals surface area contributed by atoms with Crippen LogP contribution >= 0.6 is 11.6 Å². The molecule has 3 aromatic rings. The zero-order valence-electron chi connectivity index (χ0n) is 22.9. The zero-order valence-corrected chi connectivity index (χ0v) is 23.7. The van der Waals surface area contributed by atoms with Crippen molar-refractivity contribution in [2.24, 2.45) is 5.41 Å². The van der Waals surface area contributed by atoms with Crippen molar-refractivity contribution in [2.75, 3.05) is 17.2 Å². The monoisotopic (exact) mass is 592 g/mol. The number of rotatable bonds is 10. The first-order chi connectivity index (χ1) is 20.1. The second-order valence-corrected chi connectivity index (χ2v) is 11.0. The van der Waals surface area contributed by atoms with Crippen molar-refractivity contribution in [1.29, 1.82) is 5.26 Å². The number of hydrazine groups is 2. The maximum absolute atomic E-state index is 13.9. The maximum Gasteiger partial charge on any atom is 0.249 e. The number of fused-ring (bicyclic) bond motifs is 1. The zero-order chi connectivity index (χ0) is 30.0. The van der Waals surface area contributed by atoms with Gasteiger partial charge in [-0.25, -0.2) is 13.8 Å². The molecule has 8 nitrogen and oxygen atoms in total. The first-order valence-electron chi connectivity index (χ1n) is 13.1. The van der Waals surface area contributed by atoms with Gasteiger partial charge in [0, 0.05) is 36.1 Å². The molecule has 12 heteroatoms. The highest BCUT2D eigenvalue weighted by Gasteiger charge is 2.39. The van der Waals surface area contributed by atoms with Crippen LogP contribution in [0, 0.1) is 28.5 Å². The van der Waals surface area contributed by atoms with Crippen molar-refractivity contribution in [3.05, 3.63) is 101 Å². The Bertz CT molecular complexity index is 1690. The van der Waals surface area contributed by atoms with E-state index >= 15 is 0 Å². The minimum atomic E-state index is -1.24. The lowest BCUT2D eigenvalue weighted by atomic mass is 10.0. The Morgan fingerprint density at radius 1 is 1.24 bits per heavy atom. The van der Waals surface area contributed by atoms with Gasteiger partial charge in [-0.15, -0.1) is 5.53 Å². The van der Waals surface area contributed by atoms with Gasteiger partial charge in [-0.1, -0.05) is 37.3 Å². The lowest BCUT2D eigenvalue weighted by molar-refractivity contribution is 0.227. The summed E-state index contributed by atoms with van der Waals surface area (Å²) in [5.41, 5.74) is 9.37. The van der Waals surface area contributed by atoms with Gasteiger partial charge in [0.05, 0.1) is 45.4 Å². The lowest BCUT2D eigenvalue weighted by Gasteiger charge is -2.22. The van der Waals surface area contributed by atoms with Gasteiger partial charge >= 0.3 is 0 Å². The molecule has 1 saturated carbocycles. The van der Waals surface area contributed by atoms with E-state index in [-0.39, 0.29) is 27.4 Å². The first kappa shape index (κ1) is 29.0. The van der Waals surface area contributed by atoms with Gasteiger partial charge in [-0.3, -0.25) is 9.99 Å². The second-order valence-electron chi connectivity index (χ2n) is 10.6. The van der Waals surface area contributed by atoms with E-state index in [2.05, 4.69) is 51.1 Å². The molecule has 216 valence electrons. The molecule has 2 aromatic heterocycles. The highest BCUT2D eigenvalue weighted by Crippen LogP contribution is 2.45. The number of pyridine rings is 2. The molecule has 0 spiro atoms. The summed E-state index contributed by atoms with van der Waals surface area (Å²) < 4.78 is 41.3. The van der Waals surface area contributed by atoms with Crippen LogP contribution in [0.2, 0.25) is 5.02 Å². The molecule has 1 atom stereocenters. The number of allylic oxidation sites excluding steroid dienone is 3. The standard InChI is InChI=1S/C30H28ClF3N8/c1-4-19(32)6-5-17(2)26(25-15-42(41-40-25)16-30(3)7-8-30)38-20-9-22-27(39-21-11-24(33)29(34)37-14-21)18(12-35)13-36-28(22)23(31)10-20/h4-6,9-11,13-15,26,38,40-41H,2,7-8,16H2,1,3H3,(H,36,39)/b6-5-,19-4+/t26-/m0/s1. The number of halogens is 4. The minimum absolute atomic E-state index is 0.130. The van der Waals surface area contributed by atoms with E-state index in [0.29, 0.717) is 22.2 Å². The van der Waals surface area contributed by atoms with Gasteiger partial charge < -0.3 is 16.1 Å². The predicted molar refractivity (Wildman–Crippen MR) is 158 cm³/mol. The van der Waals surface area contributed by atoms with E-state index in [4.69, 9.17) is 11.6 Å². The SMILES string of the molecule is C=C(/C=C\C(F)=C/C)[C@H](Nc1cc(Cl)c2ncc(C#N)c(Nc3cnc(F)c(F)c3)c2c1)C1=CN(CC2(C)CC2)NN1. The highest BCUT2D eigenvalue weighted by atomic mass is 35.5. The number of benzene rings is 1. The fraction of sp³-hybridized carbons (Fsp3) is 0.233. The predicted octanol–water partition coefficient (Wildman–Crippen LogP) is 6.91. The van der Waals surface area contributed by atoms with Crippen LogP contribution < -0.4 is 21.6 Å². The van der Waals surface area contributed by atoms with Crippen molar-refractivity contribution in [3.63, 3.8) is 0 Å². The third-order valence-electron chi connectivity index (χ3n) is 7.13. The molecule has 42 heavy (non-hydrogen) atoms. The summed E-state index contributed by atoms with van der Waals surface area (Å²) in [7, 11) is 0. The topological polar surface area (TPSA) is 101 Å². The average Bonchev–Trinajstić information content (AvgIpc) is 3.52. The summed E-state index contributed by atoms with van der Waals surface area (Å²) in [5, 5.41) is 18.8. The molecule has 0 radical (unpaired) electrons. The van der Waals surface area contributed by atoms with Gasteiger partial charge in [-0.05, 0) is 49.0 Å². The molecule has 4 N–H and O–H groups in total. The van der Waals surface area contributed by atoms with Crippen molar-refractivity contribution < 1.29 is 13.2 Å². The quantitative estimate of drug-likeness (QED) is 0.149. The van der Waals surface area contributed by atoms with Crippen LogP contribution in [0.4, 0.5) is 30.2 Å². The normalized spacial score (nSPS) is 16.6. The summed E-state index contributed by atoms with van der Waals surface area (Å²) >= 11 is 6.65. The summed E-state index contributed by atoms with van der Waals surface area (Å²) in [4.78, 5) is 7.74. The van der Waals surface area contributed by atoms with Gasteiger partial charge in [0.2, 0.25) is 5.95 Å². The van der Waals surface area contributed by atoms with Crippen molar-refractivity contribution in [1.82, 2.24) is 25.9 Å². The molecule has 5 rings (SSSR count). The number of nitrogens with zero attached hydrogens (tertiary/aromatic N) is 4. The van der Waals surface area contributed by atoms with Crippen LogP contribution in [0.15, 0.2) is 78.7 Å². The lowest BCUT2D eigenvalue weighted by Crippen LogP contribution is -2.41. The number of nitrogens with one attached hydrogen (secondary N) is 4. The molecular weight excluding hydrogens is 565 g/mol. The number of hydrogen-bond donors (Lipinski definition) is 4. The Labute approximate surface area is 246 Å². The fourth-order valence-electron chi connectivity index (χ4n) is 4.50. The molecule has 1 fully saturated rings. The van der Waals surface area contributed by atoms with Gasteiger partial charge in [0.1, 0.15) is 11.9 Å². The van der Waals surface area contributed by atoms with E-state index in [1.165, 1.54) is 18.3 Å². The summed E-state index contributed by atoms with van der Waals surface area (Å²) in [6, 6.07) is 5.87. The van der Waals surface area contributed by atoms with Gasteiger partial charge in [-0.2, -0.15) is 9.65 Å². The Morgan fingerprint density at radius 2 is 2.02 bits per heavy atom. The van der Waals surface area contributed by atoms with Gasteiger partial charge in [0.25, 0.3) is 0 Å². The molecule has 3 heterocycles. The molecule has 1 aromatic carbocycles. The molecular formula is C30H28ClF3N8. The largest absolute Gasteiger partial charge is 0.373 e. The van der Waals surface area contributed by atoms with E-state index in [0.717, 1.165) is 37.3 Å². The van der Waals surface area contributed by atoms with E-state index in [9.17, 15) is 18.4 Å². The van der Waals surface area contributed by atoms with Crippen LogP contribution in [-0.2, 0) is 0 Å². The summed E-state index contributed by atoms with van der Waals surface area (Å²) in [6.45, 7) is 8.80. The summed E-state index contributed by atoms with van der Waals surface area (Å²) in [6.07, 6.45) is 11.0. The van der Waals surface area contributed by atoms with Crippen molar-refractivity contribution >= 4 is 39.6 Å². The third-order valence-corrected chi connectivity index (χ3v) is 7.42. The molecule has 0 amide bonds. The van der Waals surface area contributed by atoms with Gasteiger partial charge in [0.15, 0.2) is 5.82 Å². The molecule has 0 unspecified atom stereocenters. The number of hydrogen-bond acceptors (Lipinski definition) is 8. The second kappa shape index (κ2) is 11.8. The van der Waals surface area contributed by atoms with Crippen LogP contribution in [0.5, 0.6) is 0 Å². The Hall–Kier alpha value is -4.53. The van der Waals surface area contributed by atoms with Crippen LogP contribution in [-0.4, -0.2) is 27.6 Å². The summed E-state index contributed by atoms with van der Waals surface area (Å²) in [5.74, 6) is -2.79. The molecule has 0 bridgehead atoms. The highest BCUT2D eigenvalue weighted by molar-refractivity contribution is 6.36. The van der Waals surface area contributed by atoms with E-state index in [1.54, 1.807) is 25.1 Å². The molecule has 0 saturated heterocycles. The number of anilines is 3. The fourth-order valence-corrected chi connectivity index (χ4v) is 4.76. The van der Waals surface area contributed by atoms with E-state index < -0.39 is 23.6 Å². The maximum atomic E-state index is 13.9. The van der Waals surface area contributed by atoms with Crippen LogP contribution in [0.25, 0.3) is 10.9 Å². The molecule has 1 aliphatic heterocycles. The number of nitriles is 1. The average molecular weight is 593 g/mol. The Morgan fingerprint density at radius 3 is 2.71 bits per heavy atom. The Balaban J connectivity index is 1.53. The van der Waals surface area contributed by atoms with Crippen LogP contribution in [0.3, 0.4) is 0 Å². The smallest absolute Gasteiger partial charge is 0.249 e.